The molecule has 100 valence electrons. The van der Waals surface area contributed by atoms with Crippen molar-refractivity contribution in [1.29, 1.82) is 0 Å². The van der Waals surface area contributed by atoms with Crippen LogP contribution in [0.4, 0.5) is 0 Å². The van der Waals surface area contributed by atoms with Gasteiger partial charge in [-0.05, 0) is 30.2 Å². The Balaban J connectivity index is 1.97. The van der Waals surface area contributed by atoms with Gasteiger partial charge >= 0.3 is 0 Å². The molecule has 5 heteroatoms. The number of likely N-dealkylation sites (N-methyl/N-ethyl adjacent to an activating group) is 1. The van der Waals surface area contributed by atoms with E-state index in [9.17, 15) is 4.79 Å². The van der Waals surface area contributed by atoms with Crippen molar-refractivity contribution >= 4 is 5.91 Å². The topological polar surface area (TPSA) is 69.2 Å². The smallest absolute Gasteiger partial charge is 0.253 e. The maximum Gasteiger partial charge on any atom is 0.253 e. The number of aromatic amines is 1. The molecule has 2 aromatic rings. The summed E-state index contributed by atoms with van der Waals surface area (Å²) in [5.41, 5.74) is 2.23. The average Bonchev–Trinajstić information content (AvgIpc) is 2.97. The van der Waals surface area contributed by atoms with Crippen molar-refractivity contribution in [2.75, 3.05) is 13.6 Å². The predicted molar refractivity (Wildman–Crippen MR) is 71.6 cm³/mol. The summed E-state index contributed by atoms with van der Waals surface area (Å²) in [4.78, 5) is 20.8. The van der Waals surface area contributed by atoms with Crippen LogP contribution in [0.1, 0.15) is 21.6 Å². The summed E-state index contributed by atoms with van der Waals surface area (Å²) in [6.07, 6.45) is 6.14. The fourth-order valence-corrected chi connectivity index (χ4v) is 1.83. The van der Waals surface area contributed by atoms with E-state index in [1.54, 1.807) is 30.3 Å². The molecule has 2 N–H and O–H groups in total. The zero-order valence-corrected chi connectivity index (χ0v) is 10.8. The Morgan fingerprint density at radius 2 is 2.32 bits per heavy atom. The molecule has 0 spiro atoms. The maximum absolute atomic E-state index is 12.2. The zero-order valence-electron chi connectivity index (χ0n) is 10.8. The molecule has 5 nitrogen and oxygen atoms in total. The summed E-state index contributed by atoms with van der Waals surface area (Å²) < 4.78 is 0. The number of aliphatic hydroxyl groups is 1. The molecule has 0 atom stereocenters. The van der Waals surface area contributed by atoms with Gasteiger partial charge in [-0.1, -0.05) is 0 Å². The van der Waals surface area contributed by atoms with Crippen molar-refractivity contribution in [3.63, 3.8) is 0 Å². The minimum atomic E-state index is -0.159. The van der Waals surface area contributed by atoms with E-state index in [1.165, 1.54) is 5.56 Å². The normalized spacial score (nSPS) is 10.4. The van der Waals surface area contributed by atoms with E-state index in [2.05, 4.69) is 9.97 Å². The maximum atomic E-state index is 12.2. The van der Waals surface area contributed by atoms with Crippen LogP contribution in [0.2, 0.25) is 0 Å². The molecule has 0 bridgehead atoms. The van der Waals surface area contributed by atoms with E-state index < -0.39 is 0 Å². The van der Waals surface area contributed by atoms with Crippen LogP contribution >= 0.6 is 0 Å². The van der Waals surface area contributed by atoms with Gasteiger partial charge in [0, 0.05) is 37.7 Å². The SMILES string of the molecule is CN(CCc1cc[nH]c1)C(=O)c1ccnc(CO)c1. The van der Waals surface area contributed by atoms with Gasteiger partial charge in [-0.2, -0.15) is 0 Å². The van der Waals surface area contributed by atoms with Crippen molar-refractivity contribution in [2.24, 2.45) is 0 Å². The largest absolute Gasteiger partial charge is 0.390 e. The van der Waals surface area contributed by atoms with Crippen molar-refractivity contribution in [1.82, 2.24) is 14.9 Å². The quantitative estimate of drug-likeness (QED) is 0.848. The van der Waals surface area contributed by atoms with Crippen LogP contribution < -0.4 is 0 Å². The number of hydrogen-bond donors (Lipinski definition) is 2. The predicted octanol–water partition coefficient (Wildman–Crippen LogP) is 1.22. The Kier molecular flexibility index (Phi) is 4.30. The molecular formula is C14H17N3O2. The first-order chi connectivity index (χ1) is 9.20. The van der Waals surface area contributed by atoms with E-state index in [0.29, 0.717) is 17.8 Å². The monoisotopic (exact) mass is 259 g/mol. The van der Waals surface area contributed by atoms with Gasteiger partial charge in [0.2, 0.25) is 0 Å². The molecule has 0 aliphatic carbocycles. The summed E-state index contributed by atoms with van der Waals surface area (Å²) in [5, 5.41) is 9.02. The summed E-state index contributed by atoms with van der Waals surface area (Å²) in [7, 11) is 1.77. The van der Waals surface area contributed by atoms with Crippen molar-refractivity contribution in [2.45, 2.75) is 13.0 Å². The van der Waals surface area contributed by atoms with Crippen molar-refractivity contribution < 1.29 is 9.90 Å². The van der Waals surface area contributed by atoms with E-state index in [4.69, 9.17) is 5.11 Å². The molecule has 0 fully saturated rings. The van der Waals surface area contributed by atoms with Crippen molar-refractivity contribution in [3.8, 4) is 0 Å². The van der Waals surface area contributed by atoms with Crippen LogP contribution in [-0.2, 0) is 13.0 Å². The van der Waals surface area contributed by atoms with Crippen LogP contribution in [0.15, 0.2) is 36.8 Å². The summed E-state index contributed by atoms with van der Waals surface area (Å²) in [6.45, 7) is 0.488. The summed E-state index contributed by atoms with van der Waals surface area (Å²) in [5.74, 6) is -0.0624. The highest BCUT2D eigenvalue weighted by atomic mass is 16.3. The number of carbonyl (C=O) groups is 1. The van der Waals surface area contributed by atoms with Gasteiger partial charge in [-0.25, -0.2) is 0 Å². The standard InChI is InChI=1S/C14H17N3O2/c1-17(7-4-11-2-5-15-9-11)14(19)12-3-6-16-13(8-12)10-18/h2-3,5-6,8-9,15,18H,4,7,10H2,1H3. The van der Waals surface area contributed by atoms with Gasteiger partial charge in [0.05, 0.1) is 12.3 Å². The summed E-state index contributed by atoms with van der Waals surface area (Å²) in [6, 6.07) is 5.28. The number of aromatic nitrogens is 2. The van der Waals surface area contributed by atoms with E-state index >= 15 is 0 Å². The minimum Gasteiger partial charge on any atom is -0.390 e. The fraction of sp³-hybridized carbons (Fsp3) is 0.286. The Morgan fingerprint density at radius 1 is 1.47 bits per heavy atom. The van der Waals surface area contributed by atoms with E-state index in [1.807, 2.05) is 18.5 Å². The van der Waals surface area contributed by atoms with Gasteiger partial charge < -0.3 is 15.0 Å². The second-order valence-electron chi connectivity index (χ2n) is 4.39. The molecule has 2 heterocycles. The lowest BCUT2D eigenvalue weighted by atomic mass is 10.2. The Hall–Kier alpha value is -2.14. The van der Waals surface area contributed by atoms with Crippen LogP contribution in [0, 0.1) is 0 Å². The number of nitrogens with one attached hydrogen (secondary N) is 1. The van der Waals surface area contributed by atoms with Crippen molar-refractivity contribution in [3.05, 3.63) is 53.6 Å². The molecule has 0 saturated heterocycles. The first-order valence-corrected chi connectivity index (χ1v) is 6.13. The zero-order chi connectivity index (χ0) is 13.7. The number of nitrogens with zero attached hydrogens (tertiary/aromatic N) is 2. The third kappa shape index (κ3) is 3.42. The Bertz CT molecular complexity index is 537. The highest BCUT2D eigenvalue weighted by Crippen LogP contribution is 2.07. The first kappa shape index (κ1) is 13.3. The second-order valence-corrected chi connectivity index (χ2v) is 4.39. The lowest BCUT2D eigenvalue weighted by Gasteiger charge is -2.17. The highest BCUT2D eigenvalue weighted by molar-refractivity contribution is 5.94. The van der Waals surface area contributed by atoms with Crippen LogP contribution in [-0.4, -0.2) is 39.5 Å². The number of amides is 1. The molecule has 2 aromatic heterocycles. The number of hydrogen-bond acceptors (Lipinski definition) is 3. The fourth-order valence-electron chi connectivity index (χ4n) is 1.83. The second kappa shape index (κ2) is 6.15. The number of pyridine rings is 1. The molecule has 0 unspecified atom stereocenters. The molecule has 0 aromatic carbocycles. The third-order valence-corrected chi connectivity index (χ3v) is 2.97. The van der Waals surface area contributed by atoms with Gasteiger partial charge in [-0.3, -0.25) is 9.78 Å². The number of rotatable bonds is 5. The van der Waals surface area contributed by atoms with E-state index in [-0.39, 0.29) is 12.5 Å². The molecular weight excluding hydrogens is 242 g/mol. The third-order valence-electron chi connectivity index (χ3n) is 2.97. The molecule has 19 heavy (non-hydrogen) atoms. The van der Waals surface area contributed by atoms with Crippen LogP contribution in [0.3, 0.4) is 0 Å². The average molecular weight is 259 g/mol. The lowest BCUT2D eigenvalue weighted by Crippen LogP contribution is -2.28. The Morgan fingerprint density at radius 3 is 3.00 bits per heavy atom. The van der Waals surface area contributed by atoms with Gasteiger partial charge in [0.1, 0.15) is 0 Å². The molecule has 0 saturated carbocycles. The van der Waals surface area contributed by atoms with Gasteiger partial charge in [0.15, 0.2) is 0 Å². The number of carbonyl (C=O) groups excluding carboxylic acids is 1. The number of aliphatic hydroxyl groups excluding tert-OH is 1. The highest BCUT2D eigenvalue weighted by Gasteiger charge is 2.12. The molecule has 0 aliphatic rings. The van der Waals surface area contributed by atoms with Crippen LogP contribution in [0.25, 0.3) is 0 Å². The first-order valence-electron chi connectivity index (χ1n) is 6.13. The lowest BCUT2D eigenvalue weighted by molar-refractivity contribution is 0.0796. The van der Waals surface area contributed by atoms with Crippen LogP contribution in [0.5, 0.6) is 0 Å². The molecule has 0 aliphatic heterocycles. The molecule has 2 rings (SSSR count). The van der Waals surface area contributed by atoms with E-state index in [0.717, 1.165) is 6.42 Å². The minimum absolute atomic E-state index is 0.0624. The van der Waals surface area contributed by atoms with Gasteiger partial charge in [0.25, 0.3) is 5.91 Å². The summed E-state index contributed by atoms with van der Waals surface area (Å²) >= 11 is 0. The molecule has 1 amide bonds. The Labute approximate surface area is 111 Å². The van der Waals surface area contributed by atoms with Gasteiger partial charge in [-0.15, -0.1) is 0 Å². The molecule has 0 radical (unpaired) electrons. The number of H-pyrrole nitrogens is 1.